The van der Waals surface area contributed by atoms with Crippen LogP contribution in [0.2, 0.25) is 0 Å². The van der Waals surface area contributed by atoms with Gasteiger partial charge in [0.1, 0.15) is 0 Å². The van der Waals surface area contributed by atoms with E-state index in [4.69, 9.17) is 0 Å². The molecule has 0 aliphatic heterocycles. The number of Topliss-reactive ketones (excluding diaryl/α,β-unsaturated/α-hetero) is 1. The third-order valence-electron chi connectivity index (χ3n) is 3.78. The molecule has 20 heavy (non-hydrogen) atoms. The van der Waals surface area contributed by atoms with Gasteiger partial charge in [0.15, 0.2) is 20.8 Å². The molecule has 102 valence electrons. The van der Waals surface area contributed by atoms with E-state index in [0.29, 0.717) is 5.78 Å². The average molecular weight is 283 g/mol. The maximum absolute atomic E-state index is 12.4. The second kappa shape index (κ2) is 6.27. The Bertz CT molecular complexity index is 525. The molecule has 3 rings (SSSR count). The highest BCUT2D eigenvalue weighted by Crippen LogP contribution is 2.33. The molecule has 1 nitrogen and oxygen atoms in total. The summed E-state index contributed by atoms with van der Waals surface area (Å²) in [7, 11) is -0.117. The average Bonchev–Trinajstić information content (AvgIpc) is 2.52. The lowest BCUT2D eigenvalue weighted by Crippen LogP contribution is -2.33. The van der Waals surface area contributed by atoms with Crippen LogP contribution in [0, 0.1) is 0 Å². The molecule has 1 aliphatic carbocycles. The molecule has 1 unspecified atom stereocenters. The summed E-state index contributed by atoms with van der Waals surface area (Å²) < 4.78 is 0. The normalized spacial score (nSPS) is 19.2. The van der Waals surface area contributed by atoms with Gasteiger partial charge in [0.25, 0.3) is 0 Å². The van der Waals surface area contributed by atoms with Crippen LogP contribution in [0.15, 0.2) is 70.5 Å². The van der Waals surface area contributed by atoms with E-state index < -0.39 is 0 Å². The Morgan fingerprint density at radius 2 is 1.35 bits per heavy atom. The molecular weight excluding hydrogens is 264 g/mol. The van der Waals surface area contributed by atoms with Crippen molar-refractivity contribution in [3.63, 3.8) is 0 Å². The number of ketones is 1. The molecule has 1 atom stereocenters. The highest BCUT2D eigenvalue weighted by molar-refractivity contribution is 7.98. The highest BCUT2D eigenvalue weighted by Gasteiger charge is 2.41. The van der Waals surface area contributed by atoms with Crippen molar-refractivity contribution in [2.75, 3.05) is 0 Å². The van der Waals surface area contributed by atoms with Crippen molar-refractivity contribution in [1.82, 2.24) is 0 Å². The fourth-order valence-electron chi connectivity index (χ4n) is 2.80. The maximum Gasteiger partial charge on any atom is 0.186 e. The van der Waals surface area contributed by atoms with E-state index in [9.17, 15) is 4.79 Å². The zero-order valence-corrected chi connectivity index (χ0v) is 12.3. The van der Waals surface area contributed by atoms with Gasteiger partial charge in [-0.2, -0.15) is 0 Å². The van der Waals surface area contributed by atoms with E-state index in [-0.39, 0.29) is 16.1 Å². The topological polar surface area (TPSA) is 17.1 Å². The minimum Gasteiger partial charge on any atom is -0.294 e. The standard InChI is InChI=1S/C18H19OS/c19-17-13-7-8-14-18(17)20(15-9-3-1-4-10-15)16-11-5-2-6-12-16/h1-6,9-12,18H,7-8,13-14H2/q+1. The first kappa shape index (κ1) is 13.4. The van der Waals surface area contributed by atoms with Crippen molar-refractivity contribution in [2.45, 2.75) is 40.7 Å². The molecule has 0 bridgehead atoms. The number of carbonyl (C=O) groups excluding carboxylic acids is 1. The second-order valence-electron chi connectivity index (χ2n) is 5.16. The smallest absolute Gasteiger partial charge is 0.186 e. The molecule has 1 fully saturated rings. The number of hydrogen-bond donors (Lipinski definition) is 0. The van der Waals surface area contributed by atoms with Crippen LogP contribution < -0.4 is 0 Å². The van der Waals surface area contributed by atoms with Crippen molar-refractivity contribution < 1.29 is 4.79 Å². The van der Waals surface area contributed by atoms with Gasteiger partial charge in [-0.1, -0.05) is 36.4 Å². The van der Waals surface area contributed by atoms with Crippen molar-refractivity contribution >= 4 is 16.7 Å². The van der Waals surface area contributed by atoms with Crippen LogP contribution in [-0.2, 0) is 15.7 Å². The summed E-state index contributed by atoms with van der Waals surface area (Å²) in [5, 5.41) is 0.175. The third-order valence-corrected chi connectivity index (χ3v) is 6.41. The first-order chi connectivity index (χ1) is 9.86. The van der Waals surface area contributed by atoms with Gasteiger partial charge >= 0.3 is 0 Å². The van der Waals surface area contributed by atoms with Crippen LogP contribution in [0.4, 0.5) is 0 Å². The molecule has 0 saturated heterocycles. The monoisotopic (exact) mass is 283 g/mol. The van der Waals surface area contributed by atoms with E-state index >= 15 is 0 Å². The Hall–Kier alpha value is -1.54. The molecule has 0 aromatic heterocycles. The zero-order chi connectivity index (χ0) is 13.8. The fourth-order valence-corrected chi connectivity index (χ4v) is 5.41. The molecule has 0 N–H and O–H groups in total. The molecule has 2 heteroatoms. The predicted octanol–water partition coefficient (Wildman–Crippen LogP) is 4.23. The van der Waals surface area contributed by atoms with Crippen LogP contribution in [0.3, 0.4) is 0 Å². The molecule has 1 saturated carbocycles. The van der Waals surface area contributed by atoms with Crippen molar-refractivity contribution in [3.05, 3.63) is 60.7 Å². The second-order valence-corrected chi connectivity index (χ2v) is 7.35. The van der Waals surface area contributed by atoms with Gasteiger partial charge in [0.05, 0.1) is 10.9 Å². The van der Waals surface area contributed by atoms with E-state index in [0.717, 1.165) is 19.3 Å². The first-order valence-corrected chi connectivity index (χ1v) is 8.51. The summed E-state index contributed by atoms with van der Waals surface area (Å²) in [4.78, 5) is 15.0. The van der Waals surface area contributed by atoms with Gasteiger partial charge in [-0.15, -0.1) is 0 Å². The van der Waals surface area contributed by atoms with Crippen LogP contribution >= 0.6 is 0 Å². The van der Waals surface area contributed by atoms with Gasteiger partial charge in [-0.05, 0) is 37.1 Å². The van der Waals surface area contributed by atoms with Crippen LogP contribution in [-0.4, -0.2) is 11.0 Å². The van der Waals surface area contributed by atoms with Gasteiger partial charge in [0.2, 0.25) is 0 Å². The zero-order valence-electron chi connectivity index (χ0n) is 11.5. The summed E-state index contributed by atoms with van der Waals surface area (Å²) in [6.07, 6.45) is 4.04. The molecule has 0 heterocycles. The lowest BCUT2D eigenvalue weighted by Gasteiger charge is -2.21. The molecular formula is C18H19OS+. The number of rotatable bonds is 3. The number of benzene rings is 2. The quantitative estimate of drug-likeness (QED) is 0.770. The summed E-state index contributed by atoms with van der Waals surface area (Å²) in [5.41, 5.74) is 0. The molecule has 0 amide bonds. The lowest BCUT2D eigenvalue weighted by molar-refractivity contribution is -0.119. The Kier molecular flexibility index (Phi) is 4.22. The van der Waals surface area contributed by atoms with Gasteiger partial charge < -0.3 is 0 Å². The lowest BCUT2D eigenvalue weighted by atomic mass is 9.99. The summed E-state index contributed by atoms with van der Waals surface area (Å²) in [6.45, 7) is 0. The minimum atomic E-state index is -0.117. The highest BCUT2D eigenvalue weighted by atomic mass is 32.2. The van der Waals surface area contributed by atoms with Gasteiger partial charge in [0, 0.05) is 12.8 Å². The third kappa shape index (κ3) is 2.80. The largest absolute Gasteiger partial charge is 0.294 e. The Labute approximate surface area is 123 Å². The Morgan fingerprint density at radius 3 is 1.85 bits per heavy atom. The molecule has 2 aromatic rings. The number of carbonyl (C=O) groups is 1. The van der Waals surface area contributed by atoms with Crippen LogP contribution in [0.5, 0.6) is 0 Å². The summed E-state index contributed by atoms with van der Waals surface area (Å²) in [6, 6.07) is 21.0. The van der Waals surface area contributed by atoms with Crippen molar-refractivity contribution in [1.29, 1.82) is 0 Å². The van der Waals surface area contributed by atoms with Gasteiger partial charge in [-0.3, -0.25) is 4.79 Å². The molecule has 0 spiro atoms. The predicted molar refractivity (Wildman–Crippen MR) is 84.0 cm³/mol. The molecule has 1 aliphatic rings. The number of hydrogen-bond acceptors (Lipinski definition) is 1. The fraction of sp³-hybridized carbons (Fsp3) is 0.278. The van der Waals surface area contributed by atoms with Crippen LogP contribution in [0.1, 0.15) is 25.7 Å². The Morgan fingerprint density at radius 1 is 0.800 bits per heavy atom. The first-order valence-electron chi connectivity index (χ1n) is 7.22. The summed E-state index contributed by atoms with van der Waals surface area (Å²) >= 11 is 0. The van der Waals surface area contributed by atoms with E-state index in [1.54, 1.807) is 0 Å². The molecule has 2 aromatic carbocycles. The van der Waals surface area contributed by atoms with E-state index in [2.05, 4.69) is 48.5 Å². The summed E-state index contributed by atoms with van der Waals surface area (Å²) in [5.74, 6) is 0.451. The van der Waals surface area contributed by atoms with E-state index in [1.165, 1.54) is 16.2 Å². The molecule has 0 radical (unpaired) electrons. The Balaban J connectivity index is 2.02. The van der Waals surface area contributed by atoms with Crippen molar-refractivity contribution in [3.8, 4) is 0 Å². The minimum absolute atomic E-state index is 0.117. The van der Waals surface area contributed by atoms with Crippen LogP contribution in [0.25, 0.3) is 0 Å². The maximum atomic E-state index is 12.4. The van der Waals surface area contributed by atoms with E-state index in [1.807, 2.05) is 12.1 Å². The SMILES string of the molecule is O=C1CCCCC1[S+](c1ccccc1)c1ccccc1. The van der Waals surface area contributed by atoms with Crippen molar-refractivity contribution in [2.24, 2.45) is 0 Å². The van der Waals surface area contributed by atoms with Gasteiger partial charge in [-0.25, -0.2) is 0 Å².